The topological polar surface area (TPSA) is 100 Å². The number of nitro benzene ring substituents is 1. The van der Waals surface area contributed by atoms with E-state index in [1.165, 1.54) is 36.3 Å². The predicted molar refractivity (Wildman–Crippen MR) is 59.4 cm³/mol. The summed E-state index contributed by atoms with van der Waals surface area (Å²) in [6.45, 7) is 0. The summed E-state index contributed by atoms with van der Waals surface area (Å²) in [4.78, 5) is 25.0. The van der Waals surface area contributed by atoms with E-state index >= 15 is 0 Å². The number of hydrogen-bond acceptors (Lipinski definition) is 6. The molecule has 8 heteroatoms. The van der Waals surface area contributed by atoms with E-state index in [2.05, 4.69) is 14.8 Å². The van der Waals surface area contributed by atoms with E-state index in [0.717, 1.165) is 0 Å². The summed E-state index contributed by atoms with van der Waals surface area (Å²) in [6.07, 6.45) is 1.28. The maximum absolute atomic E-state index is 11.2. The second-order valence-corrected chi connectivity index (χ2v) is 3.28. The van der Waals surface area contributed by atoms with Gasteiger partial charge in [0.2, 0.25) is 0 Å². The van der Waals surface area contributed by atoms with Crippen LogP contribution < -0.4 is 0 Å². The standard InChI is InChI=1S/C10H8N4O4/c1-18-10(15)9-11-6-13(12-9)7-3-2-4-8(5-7)14(16)17/h2-6H,1H3. The molecule has 0 fully saturated rings. The molecule has 0 aliphatic heterocycles. The molecular weight excluding hydrogens is 240 g/mol. The van der Waals surface area contributed by atoms with Crippen molar-refractivity contribution in [3.8, 4) is 5.69 Å². The fourth-order valence-electron chi connectivity index (χ4n) is 1.32. The summed E-state index contributed by atoms with van der Waals surface area (Å²) in [7, 11) is 1.22. The number of benzene rings is 1. The van der Waals surface area contributed by atoms with Crippen molar-refractivity contribution >= 4 is 11.7 Å². The Balaban J connectivity index is 2.37. The molecule has 0 unspecified atom stereocenters. The molecule has 18 heavy (non-hydrogen) atoms. The second-order valence-electron chi connectivity index (χ2n) is 3.28. The summed E-state index contributed by atoms with van der Waals surface area (Å²) in [5.41, 5.74) is 0.370. The van der Waals surface area contributed by atoms with E-state index in [0.29, 0.717) is 5.69 Å². The molecule has 0 saturated heterocycles. The highest BCUT2D eigenvalue weighted by atomic mass is 16.6. The van der Waals surface area contributed by atoms with E-state index in [-0.39, 0.29) is 11.5 Å². The zero-order valence-electron chi connectivity index (χ0n) is 9.31. The Hall–Kier alpha value is -2.77. The third-order valence-corrected chi connectivity index (χ3v) is 2.16. The van der Waals surface area contributed by atoms with Gasteiger partial charge in [0.1, 0.15) is 6.33 Å². The molecule has 1 heterocycles. The summed E-state index contributed by atoms with van der Waals surface area (Å²) in [6, 6.07) is 5.83. The van der Waals surface area contributed by atoms with Crippen molar-refractivity contribution in [3.05, 3.63) is 46.5 Å². The quantitative estimate of drug-likeness (QED) is 0.455. The van der Waals surface area contributed by atoms with Crippen LogP contribution in [0.4, 0.5) is 5.69 Å². The van der Waals surface area contributed by atoms with E-state index in [1.807, 2.05) is 0 Å². The highest BCUT2D eigenvalue weighted by molar-refractivity contribution is 5.84. The molecule has 0 N–H and O–H groups in total. The number of ether oxygens (including phenoxy) is 1. The maximum atomic E-state index is 11.2. The third-order valence-electron chi connectivity index (χ3n) is 2.16. The minimum Gasteiger partial charge on any atom is -0.463 e. The van der Waals surface area contributed by atoms with Crippen molar-refractivity contribution in [1.29, 1.82) is 0 Å². The number of hydrogen-bond donors (Lipinski definition) is 0. The summed E-state index contributed by atoms with van der Waals surface area (Å²) >= 11 is 0. The number of esters is 1. The maximum Gasteiger partial charge on any atom is 0.377 e. The zero-order valence-corrected chi connectivity index (χ0v) is 9.31. The van der Waals surface area contributed by atoms with Crippen LogP contribution in [-0.2, 0) is 4.74 Å². The van der Waals surface area contributed by atoms with Crippen molar-refractivity contribution in [2.75, 3.05) is 7.11 Å². The lowest BCUT2D eigenvalue weighted by molar-refractivity contribution is -0.384. The van der Waals surface area contributed by atoms with Crippen LogP contribution in [0, 0.1) is 10.1 Å². The van der Waals surface area contributed by atoms with Gasteiger partial charge in [-0.1, -0.05) is 6.07 Å². The van der Waals surface area contributed by atoms with Gasteiger partial charge in [-0.3, -0.25) is 10.1 Å². The first-order valence-electron chi connectivity index (χ1n) is 4.86. The fraction of sp³-hybridized carbons (Fsp3) is 0.100. The van der Waals surface area contributed by atoms with Gasteiger partial charge in [-0.2, -0.15) is 0 Å². The second kappa shape index (κ2) is 4.62. The van der Waals surface area contributed by atoms with Gasteiger partial charge in [0.25, 0.3) is 11.5 Å². The fourth-order valence-corrected chi connectivity index (χ4v) is 1.32. The number of rotatable bonds is 3. The van der Waals surface area contributed by atoms with E-state index in [1.54, 1.807) is 6.07 Å². The molecule has 2 aromatic rings. The van der Waals surface area contributed by atoms with Gasteiger partial charge in [0, 0.05) is 12.1 Å². The molecule has 0 spiro atoms. The molecule has 1 aromatic heterocycles. The van der Waals surface area contributed by atoms with Crippen molar-refractivity contribution in [2.24, 2.45) is 0 Å². The van der Waals surface area contributed by atoms with Gasteiger partial charge in [0.15, 0.2) is 0 Å². The van der Waals surface area contributed by atoms with Crippen LogP contribution in [0.15, 0.2) is 30.6 Å². The molecule has 0 bridgehead atoms. The number of nitrogens with zero attached hydrogens (tertiary/aromatic N) is 4. The normalized spacial score (nSPS) is 10.1. The average Bonchev–Trinajstić information content (AvgIpc) is 2.87. The number of methoxy groups -OCH3 is 1. The molecule has 2 rings (SSSR count). The van der Waals surface area contributed by atoms with Crippen molar-refractivity contribution < 1.29 is 14.5 Å². The molecule has 0 atom stereocenters. The van der Waals surface area contributed by atoms with Crippen LogP contribution in [0.3, 0.4) is 0 Å². The van der Waals surface area contributed by atoms with Gasteiger partial charge in [-0.15, -0.1) is 5.10 Å². The first kappa shape index (κ1) is 11.7. The van der Waals surface area contributed by atoms with Crippen molar-refractivity contribution in [2.45, 2.75) is 0 Å². The van der Waals surface area contributed by atoms with Gasteiger partial charge in [-0.05, 0) is 6.07 Å². The average molecular weight is 248 g/mol. The zero-order chi connectivity index (χ0) is 13.1. The van der Waals surface area contributed by atoms with E-state index in [4.69, 9.17) is 0 Å². The Labute approximate surface area is 101 Å². The predicted octanol–water partition coefficient (Wildman–Crippen LogP) is 0.962. The van der Waals surface area contributed by atoms with Gasteiger partial charge in [-0.25, -0.2) is 14.5 Å². The number of carbonyl (C=O) groups is 1. The SMILES string of the molecule is COC(=O)c1ncn(-c2cccc([N+](=O)[O-])c2)n1. The molecule has 0 aliphatic rings. The summed E-state index contributed by atoms with van der Waals surface area (Å²) < 4.78 is 5.73. The van der Waals surface area contributed by atoms with Gasteiger partial charge in [0.05, 0.1) is 17.7 Å². The van der Waals surface area contributed by atoms with Crippen LogP contribution >= 0.6 is 0 Å². The summed E-state index contributed by atoms with van der Waals surface area (Å²) in [5.74, 6) is -0.775. The Morgan fingerprint density at radius 2 is 2.28 bits per heavy atom. The minimum atomic E-state index is -0.667. The minimum absolute atomic E-state index is 0.0670. The highest BCUT2D eigenvalue weighted by Crippen LogP contribution is 2.15. The first-order chi connectivity index (χ1) is 8.61. The van der Waals surface area contributed by atoms with Crippen LogP contribution in [0.1, 0.15) is 10.6 Å². The van der Waals surface area contributed by atoms with Gasteiger partial charge >= 0.3 is 5.97 Å². The largest absolute Gasteiger partial charge is 0.463 e. The van der Waals surface area contributed by atoms with Crippen LogP contribution in [0.2, 0.25) is 0 Å². The first-order valence-corrected chi connectivity index (χ1v) is 4.86. The Bertz CT molecular complexity index is 607. The molecule has 1 aromatic carbocycles. The van der Waals surface area contributed by atoms with E-state index < -0.39 is 10.9 Å². The highest BCUT2D eigenvalue weighted by Gasteiger charge is 2.13. The molecule has 0 saturated carbocycles. The smallest absolute Gasteiger partial charge is 0.377 e. The van der Waals surface area contributed by atoms with Crippen molar-refractivity contribution in [1.82, 2.24) is 14.8 Å². The number of nitro groups is 1. The van der Waals surface area contributed by atoms with Crippen LogP contribution in [-0.4, -0.2) is 32.8 Å². The molecular formula is C10H8N4O4. The summed E-state index contributed by atoms with van der Waals surface area (Å²) in [5, 5.41) is 14.5. The van der Waals surface area contributed by atoms with Crippen molar-refractivity contribution in [3.63, 3.8) is 0 Å². The molecule has 8 nitrogen and oxygen atoms in total. The number of aromatic nitrogens is 3. The lowest BCUT2D eigenvalue weighted by atomic mass is 10.3. The van der Waals surface area contributed by atoms with Crippen LogP contribution in [0.5, 0.6) is 0 Å². The third kappa shape index (κ3) is 2.17. The Morgan fingerprint density at radius 3 is 2.94 bits per heavy atom. The lowest BCUT2D eigenvalue weighted by Crippen LogP contribution is -2.05. The van der Waals surface area contributed by atoms with E-state index in [9.17, 15) is 14.9 Å². The van der Waals surface area contributed by atoms with Crippen LogP contribution in [0.25, 0.3) is 5.69 Å². The molecule has 92 valence electrons. The molecule has 0 aliphatic carbocycles. The number of carbonyl (C=O) groups excluding carboxylic acids is 1. The lowest BCUT2D eigenvalue weighted by Gasteiger charge is -1.99. The molecule has 0 amide bonds. The molecule has 0 radical (unpaired) electrons. The van der Waals surface area contributed by atoms with Gasteiger partial charge < -0.3 is 4.74 Å². The Kier molecular flexibility index (Phi) is 3.00. The Morgan fingerprint density at radius 1 is 1.50 bits per heavy atom. The monoisotopic (exact) mass is 248 g/mol. The number of non-ortho nitro benzene ring substituents is 1.